The Morgan fingerprint density at radius 1 is 0.943 bits per heavy atom. The third-order valence-corrected chi connectivity index (χ3v) is 6.45. The van der Waals surface area contributed by atoms with Gasteiger partial charge in [-0.15, -0.1) is 0 Å². The minimum absolute atomic E-state index is 0.0103. The van der Waals surface area contributed by atoms with Crippen molar-refractivity contribution in [1.29, 1.82) is 0 Å². The molecule has 2 amide bonds. The Labute approximate surface area is 216 Å². The summed E-state index contributed by atoms with van der Waals surface area (Å²) in [6.07, 6.45) is 1.22. The molecule has 0 unspecified atom stereocenters. The highest BCUT2D eigenvalue weighted by Gasteiger charge is 2.31. The van der Waals surface area contributed by atoms with Crippen LogP contribution >= 0.6 is 15.9 Å². The molecule has 0 saturated heterocycles. The van der Waals surface area contributed by atoms with E-state index in [1.807, 2.05) is 87.5 Å². The van der Waals surface area contributed by atoms with Crippen LogP contribution in [0.2, 0.25) is 0 Å². The topological polar surface area (TPSA) is 58.6 Å². The van der Waals surface area contributed by atoms with Gasteiger partial charge in [0.05, 0.1) is 0 Å². The van der Waals surface area contributed by atoms with Crippen LogP contribution in [0.5, 0.6) is 5.75 Å². The van der Waals surface area contributed by atoms with Crippen LogP contribution in [0.25, 0.3) is 0 Å². The standard InChI is InChI=1S/C29H33BrN2O3/c1-4-22(3)31-29(34)27(18-23-8-6-5-7-9-23)32(19-24-12-10-21(2)11-13-24)28(33)20-35-26-16-14-25(30)15-17-26/h5-17,22,27H,4,18-20H2,1-3H3,(H,31,34)/t22-,27-/m1/s1. The predicted molar refractivity (Wildman–Crippen MR) is 143 cm³/mol. The number of carbonyl (C=O) groups excluding carboxylic acids is 2. The van der Waals surface area contributed by atoms with E-state index in [2.05, 4.69) is 21.2 Å². The van der Waals surface area contributed by atoms with E-state index >= 15 is 0 Å². The van der Waals surface area contributed by atoms with Crippen LogP contribution in [0.4, 0.5) is 0 Å². The van der Waals surface area contributed by atoms with Crippen LogP contribution in [0.15, 0.2) is 83.3 Å². The van der Waals surface area contributed by atoms with Gasteiger partial charge < -0.3 is 15.0 Å². The van der Waals surface area contributed by atoms with Gasteiger partial charge in [0.2, 0.25) is 5.91 Å². The second-order valence-electron chi connectivity index (χ2n) is 8.77. The maximum Gasteiger partial charge on any atom is 0.261 e. The van der Waals surface area contributed by atoms with Crippen molar-refractivity contribution in [1.82, 2.24) is 10.2 Å². The lowest BCUT2D eigenvalue weighted by Gasteiger charge is -2.32. The van der Waals surface area contributed by atoms with Crippen molar-refractivity contribution in [2.75, 3.05) is 6.61 Å². The zero-order valence-corrected chi connectivity index (χ0v) is 22.1. The number of ether oxygens (including phenoxy) is 1. The summed E-state index contributed by atoms with van der Waals surface area (Å²) in [5.41, 5.74) is 3.09. The van der Waals surface area contributed by atoms with Crippen LogP contribution in [0.3, 0.4) is 0 Å². The molecule has 0 fully saturated rings. The number of aryl methyl sites for hydroxylation is 1. The summed E-state index contributed by atoms with van der Waals surface area (Å²) in [4.78, 5) is 28.7. The minimum atomic E-state index is -0.672. The van der Waals surface area contributed by atoms with Gasteiger partial charge in [0.1, 0.15) is 11.8 Å². The number of amides is 2. The SMILES string of the molecule is CC[C@@H](C)NC(=O)[C@@H](Cc1ccccc1)N(Cc1ccc(C)cc1)C(=O)COc1ccc(Br)cc1. The Kier molecular flexibility index (Phi) is 9.91. The summed E-state index contributed by atoms with van der Waals surface area (Å²) >= 11 is 3.41. The van der Waals surface area contributed by atoms with Crippen molar-refractivity contribution in [2.45, 2.75) is 52.2 Å². The summed E-state index contributed by atoms with van der Waals surface area (Å²) in [5.74, 6) is 0.196. The summed E-state index contributed by atoms with van der Waals surface area (Å²) in [6.45, 7) is 6.18. The van der Waals surface area contributed by atoms with Crippen molar-refractivity contribution in [3.63, 3.8) is 0 Å². The molecule has 0 spiro atoms. The lowest BCUT2D eigenvalue weighted by molar-refractivity contribution is -0.143. The van der Waals surface area contributed by atoms with Gasteiger partial charge >= 0.3 is 0 Å². The number of benzene rings is 3. The molecule has 35 heavy (non-hydrogen) atoms. The number of halogens is 1. The molecule has 1 N–H and O–H groups in total. The average molecular weight is 537 g/mol. The second kappa shape index (κ2) is 13.1. The van der Waals surface area contributed by atoms with Crippen molar-refractivity contribution in [2.24, 2.45) is 0 Å². The molecule has 184 valence electrons. The maximum absolute atomic E-state index is 13.6. The Hall–Kier alpha value is -3.12. The third kappa shape index (κ3) is 8.25. The van der Waals surface area contributed by atoms with E-state index in [-0.39, 0.29) is 24.5 Å². The molecular formula is C29H33BrN2O3. The maximum atomic E-state index is 13.6. The van der Waals surface area contributed by atoms with Crippen LogP contribution in [-0.2, 0) is 22.6 Å². The first-order chi connectivity index (χ1) is 16.9. The predicted octanol–water partition coefficient (Wildman–Crippen LogP) is 5.69. The van der Waals surface area contributed by atoms with Crippen molar-refractivity contribution in [3.8, 4) is 5.75 Å². The van der Waals surface area contributed by atoms with Crippen LogP contribution in [-0.4, -0.2) is 35.4 Å². The van der Waals surface area contributed by atoms with Gasteiger partial charge in [-0.05, 0) is 55.7 Å². The average Bonchev–Trinajstić information content (AvgIpc) is 2.87. The molecule has 0 aliphatic carbocycles. The van der Waals surface area contributed by atoms with Crippen LogP contribution in [0.1, 0.15) is 37.0 Å². The fraction of sp³-hybridized carbons (Fsp3) is 0.310. The fourth-order valence-corrected chi connectivity index (χ4v) is 3.91. The number of hydrogen-bond acceptors (Lipinski definition) is 3. The monoisotopic (exact) mass is 536 g/mol. The third-order valence-electron chi connectivity index (χ3n) is 5.92. The Bertz CT molecular complexity index is 1090. The van der Waals surface area contributed by atoms with Crippen LogP contribution < -0.4 is 10.1 Å². The highest BCUT2D eigenvalue weighted by molar-refractivity contribution is 9.10. The molecule has 6 heteroatoms. The van der Waals surface area contributed by atoms with E-state index < -0.39 is 6.04 Å². The molecule has 3 rings (SSSR count). The zero-order chi connectivity index (χ0) is 25.2. The molecule has 0 aliphatic heterocycles. The summed E-state index contributed by atoms with van der Waals surface area (Å²) in [6, 6.07) is 24.5. The van der Waals surface area contributed by atoms with Gasteiger partial charge in [-0.1, -0.05) is 83.0 Å². The molecule has 3 aromatic rings. The van der Waals surface area contributed by atoms with E-state index in [4.69, 9.17) is 4.74 Å². The number of nitrogens with zero attached hydrogens (tertiary/aromatic N) is 1. The molecule has 0 bridgehead atoms. The van der Waals surface area contributed by atoms with E-state index in [1.165, 1.54) is 0 Å². The minimum Gasteiger partial charge on any atom is -0.484 e. The highest BCUT2D eigenvalue weighted by atomic mass is 79.9. The van der Waals surface area contributed by atoms with E-state index in [1.54, 1.807) is 17.0 Å². The first kappa shape index (κ1) is 26.5. The van der Waals surface area contributed by atoms with Gasteiger partial charge in [-0.2, -0.15) is 0 Å². The lowest BCUT2D eigenvalue weighted by Crippen LogP contribution is -2.53. The largest absolute Gasteiger partial charge is 0.484 e. The summed E-state index contributed by atoms with van der Waals surface area (Å²) in [5, 5.41) is 3.08. The first-order valence-corrected chi connectivity index (χ1v) is 12.7. The first-order valence-electron chi connectivity index (χ1n) is 11.9. The molecule has 0 heterocycles. The van der Waals surface area contributed by atoms with E-state index in [9.17, 15) is 9.59 Å². The van der Waals surface area contributed by atoms with Crippen molar-refractivity contribution >= 4 is 27.7 Å². The number of carbonyl (C=O) groups is 2. The number of nitrogens with one attached hydrogen (secondary N) is 1. The van der Waals surface area contributed by atoms with Gasteiger partial charge in [0.25, 0.3) is 5.91 Å². The Morgan fingerprint density at radius 2 is 1.60 bits per heavy atom. The fourth-order valence-electron chi connectivity index (χ4n) is 3.64. The molecule has 0 radical (unpaired) electrons. The molecular weight excluding hydrogens is 504 g/mol. The molecule has 3 aromatic carbocycles. The Balaban J connectivity index is 1.89. The lowest BCUT2D eigenvalue weighted by atomic mass is 10.0. The summed E-state index contributed by atoms with van der Waals surface area (Å²) in [7, 11) is 0. The number of rotatable bonds is 11. The van der Waals surface area contributed by atoms with E-state index in [0.717, 1.165) is 27.6 Å². The summed E-state index contributed by atoms with van der Waals surface area (Å²) < 4.78 is 6.73. The molecule has 5 nitrogen and oxygen atoms in total. The van der Waals surface area contributed by atoms with Crippen LogP contribution in [0, 0.1) is 6.92 Å². The van der Waals surface area contributed by atoms with Gasteiger partial charge in [-0.25, -0.2) is 0 Å². The quantitative estimate of drug-likeness (QED) is 0.342. The smallest absolute Gasteiger partial charge is 0.261 e. The van der Waals surface area contributed by atoms with Gasteiger partial charge in [0.15, 0.2) is 6.61 Å². The number of hydrogen-bond donors (Lipinski definition) is 1. The highest BCUT2D eigenvalue weighted by Crippen LogP contribution is 2.19. The zero-order valence-electron chi connectivity index (χ0n) is 20.5. The van der Waals surface area contributed by atoms with Gasteiger partial charge in [0, 0.05) is 23.5 Å². The normalized spacial score (nSPS) is 12.5. The second-order valence-corrected chi connectivity index (χ2v) is 9.69. The van der Waals surface area contributed by atoms with Gasteiger partial charge in [-0.3, -0.25) is 9.59 Å². The van der Waals surface area contributed by atoms with Crippen molar-refractivity contribution in [3.05, 3.63) is 100 Å². The molecule has 0 aromatic heterocycles. The molecule has 0 aliphatic rings. The molecule has 2 atom stereocenters. The molecule has 0 saturated carbocycles. The van der Waals surface area contributed by atoms with E-state index in [0.29, 0.717) is 18.7 Å². The van der Waals surface area contributed by atoms with Crippen molar-refractivity contribution < 1.29 is 14.3 Å². The Morgan fingerprint density at radius 3 is 2.23 bits per heavy atom.